The Balaban J connectivity index is 2.39. The van der Waals surface area contributed by atoms with Crippen LogP contribution >= 0.6 is 0 Å². The summed E-state index contributed by atoms with van der Waals surface area (Å²) < 4.78 is 6.73. The molecule has 2 aromatic rings. The Kier molecular flexibility index (Phi) is 4.28. The van der Waals surface area contributed by atoms with Gasteiger partial charge in [0, 0.05) is 12.1 Å². The van der Waals surface area contributed by atoms with Crippen molar-refractivity contribution in [2.24, 2.45) is 10.8 Å². The van der Waals surface area contributed by atoms with Crippen molar-refractivity contribution in [3.63, 3.8) is 0 Å². The predicted octanol–water partition coefficient (Wildman–Crippen LogP) is 0.207. The van der Waals surface area contributed by atoms with Gasteiger partial charge in [-0.05, 0) is 23.4 Å². The SMILES string of the molecule is COc1cc(N/N=C(\C#N)C(=N)N)cc(-n2nnnc2C)c1. The second kappa shape index (κ2) is 6.31. The minimum atomic E-state index is -0.422. The Morgan fingerprint density at radius 3 is 2.82 bits per heavy atom. The Bertz CT molecular complexity index is 771. The van der Waals surface area contributed by atoms with E-state index >= 15 is 0 Å². The topological polar surface area (TPSA) is 151 Å². The van der Waals surface area contributed by atoms with Crippen LogP contribution in [0.1, 0.15) is 5.82 Å². The minimum Gasteiger partial charge on any atom is -0.497 e. The summed E-state index contributed by atoms with van der Waals surface area (Å²) in [6.45, 7) is 1.76. The minimum absolute atomic E-state index is 0.219. The van der Waals surface area contributed by atoms with Crippen molar-refractivity contribution >= 4 is 17.2 Å². The first-order valence-corrected chi connectivity index (χ1v) is 6.07. The highest BCUT2D eigenvalue weighted by Gasteiger charge is 2.08. The first-order chi connectivity index (χ1) is 10.5. The number of aromatic nitrogens is 4. The van der Waals surface area contributed by atoms with Gasteiger partial charge in [-0.2, -0.15) is 15.0 Å². The molecule has 1 aromatic carbocycles. The molecule has 10 heteroatoms. The van der Waals surface area contributed by atoms with E-state index in [9.17, 15) is 0 Å². The Hall–Kier alpha value is -3.48. The third kappa shape index (κ3) is 3.15. The van der Waals surface area contributed by atoms with Gasteiger partial charge in [0.15, 0.2) is 11.7 Å². The Morgan fingerprint density at radius 1 is 1.50 bits per heavy atom. The number of methoxy groups -OCH3 is 1. The van der Waals surface area contributed by atoms with Crippen LogP contribution in [-0.4, -0.2) is 38.9 Å². The molecule has 0 radical (unpaired) electrons. The van der Waals surface area contributed by atoms with E-state index in [0.717, 1.165) is 0 Å². The molecule has 0 aliphatic heterocycles. The number of benzene rings is 1. The van der Waals surface area contributed by atoms with E-state index in [1.165, 1.54) is 11.8 Å². The van der Waals surface area contributed by atoms with Gasteiger partial charge in [0.25, 0.3) is 0 Å². The van der Waals surface area contributed by atoms with Crippen molar-refractivity contribution in [2.45, 2.75) is 6.92 Å². The van der Waals surface area contributed by atoms with Crippen molar-refractivity contribution in [1.82, 2.24) is 20.2 Å². The number of hydrazone groups is 1. The number of nitrogens with zero attached hydrogens (tertiary/aromatic N) is 6. The molecular formula is C12H13N9O. The molecule has 22 heavy (non-hydrogen) atoms. The lowest BCUT2D eigenvalue weighted by Gasteiger charge is -2.09. The highest BCUT2D eigenvalue weighted by molar-refractivity contribution is 6.45. The number of tetrazole rings is 1. The molecular weight excluding hydrogens is 286 g/mol. The Labute approximate surface area is 125 Å². The molecule has 0 saturated carbocycles. The van der Waals surface area contributed by atoms with Crippen LogP contribution < -0.4 is 15.9 Å². The van der Waals surface area contributed by atoms with E-state index in [1.807, 2.05) is 0 Å². The summed E-state index contributed by atoms with van der Waals surface area (Å²) in [5, 5.41) is 31.1. The van der Waals surface area contributed by atoms with Crippen molar-refractivity contribution in [3.05, 3.63) is 24.0 Å². The lowest BCUT2D eigenvalue weighted by molar-refractivity contribution is 0.414. The van der Waals surface area contributed by atoms with Crippen molar-refractivity contribution in [1.29, 1.82) is 10.7 Å². The zero-order valence-corrected chi connectivity index (χ0v) is 11.9. The van der Waals surface area contributed by atoms with Crippen LogP contribution in [0, 0.1) is 23.7 Å². The maximum atomic E-state index is 8.82. The lowest BCUT2D eigenvalue weighted by atomic mass is 10.2. The summed E-state index contributed by atoms with van der Waals surface area (Å²) in [7, 11) is 1.52. The van der Waals surface area contributed by atoms with E-state index in [1.54, 1.807) is 31.2 Å². The molecule has 0 spiro atoms. The van der Waals surface area contributed by atoms with E-state index in [-0.39, 0.29) is 5.71 Å². The zero-order valence-electron chi connectivity index (χ0n) is 11.9. The summed E-state index contributed by atoms with van der Waals surface area (Å²) in [5.41, 5.74) is 8.85. The standard InChI is InChI=1S/C12H13N9O/c1-7-16-19-20-21(7)9-3-8(4-10(5-9)22-2)17-18-11(6-13)12(14)15/h3-5,17H,1-2H3,(H3,14,15)/b18-11+. The third-order valence-corrected chi connectivity index (χ3v) is 2.65. The monoisotopic (exact) mass is 299 g/mol. The van der Waals surface area contributed by atoms with Gasteiger partial charge in [-0.15, -0.1) is 5.10 Å². The number of nitrogens with one attached hydrogen (secondary N) is 2. The maximum Gasteiger partial charge on any atom is 0.201 e. The molecule has 112 valence electrons. The van der Waals surface area contributed by atoms with Gasteiger partial charge in [-0.1, -0.05) is 0 Å². The fraction of sp³-hybridized carbons (Fsp3) is 0.167. The second-order valence-electron chi connectivity index (χ2n) is 4.16. The van der Waals surface area contributed by atoms with E-state index in [2.05, 4.69) is 26.1 Å². The Morgan fingerprint density at radius 2 is 2.27 bits per heavy atom. The summed E-state index contributed by atoms with van der Waals surface area (Å²) in [6.07, 6.45) is 0. The molecule has 10 nitrogen and oxygen atoms in total. The normalized spacial score (nSPS) is 10.9. The van der Waals surface area contributed by atoms with Crippen molar-refractivity contribution in [3.8, 4) is 17.5 Å². The summed E-state index contributed by atoms with van der Waals surface area (Å²) >= 11 is 0. The zero-order chi connectivity index (χ0) is 16.1. The number of anilines is 1. The van der Waals surface area contributed by atoms with Crippen LogP contribution in [0.25, 0.3) is 5.69 Å². The highest BCUT2D eigenvalue weighted by atomic mass is 16.5. The van der Waals surface area contributed by atoms with E-state index < -0.39 is 5.84 Å². The van der Waals surface area contributed by atoms with Crippen LogP contribution in [0.5, 0.6) is 5.75 Å². The molecule has 0 amide bonds. The highest BCUT2D eigenvalue weighted by Crippen LogP contribution is 2.23. The molecule has 1 heterocycles. The number of nitriles is 1. The smallest absolute Gasteiger partial charge is 0.201 e. The first-order valence-electron chi connectivity index (χ1n) is 6.07. The first kappa shape index (κ1) is 14.9. The molecule has 0 saturated heterocycles. The molecule has 0 unspecified atom stereocenters. The van der Waals surface area contributed by atoms with Gasteiger partial charge < -0.3 is 10.5 Å². The van der Waals surface area contributed by atoms with Gasteiger partial charge >= 0.3 is 0 Å². The van der Waals surface area contributed by atoms with Gasteiger partial charge in [-0.25, -0.2) is 0 Å². The maximum absolute atomic E-state index is 8.82. The van der Waals surface area contributed by atoms with Crippen LogP contribution in [0.3, 0.4) is 0 Å². The largest absolute Gasteiger partial charge is 0.497 e. The van der Waals surface area contributed by atoms with Gasteiger partial charge in [-0.3, -0.25) is 10.8 Å². The van der Waals surface area contributed by atoms with Gasteiger partial charge in [0.1, 0.15) is 11.8 Å². The molecule has 4 N–H and O–H groups in total. The number of ether oxygens (including phenoxy) is 1. The van der Waals surface area contributed by atoms with Crippen LogP contribution in [0.2, 0.25) is 0 Å². The van der Waals surface area contributed by atoms with Crippen LogP contribution in [0.15, 0.2) is 23.3 Å². The molecule has 1 aromatic heterocycles. The molecule has 0 aliphatic rings. The number of nitrogens with two attached hydrogens (primary N) is 1. The average molecular weight is 299 g/mol. The summed E-state index contributed by atoms with van der Waals surface area (Å²) in [5.74, 6) is 0.727. The quantitative estimate of drug-likeness (QED) is 0.405. The van der Waals surface area contributed by atoms with E-state index in [4.69, 9.17) is 21.1 Å². The summed E-state index contributed by atoms with van der Waals surface area (Å²) in [4.78, 5) is 0. The number of hydrogen-bond acceptors (Lipinski definition) is 8. The van der Waals surface area contributed by atoms with E-state index in [0.29, 0.717) is 22.9 Å². The number of hydrogen-bond donors (Lipinski definition) is 3. The number of rotatable bonds is 5. The number of aryl methyl sites for hydroxylation is 1. The number of amidine groups is 1. The van der Waals surface area contributed by atoms with Gasteiger partial charge in [0.05, 0.1) is 18.5 Å². The molecule has 0 bridgehead atoms. The molecule has 2 rings (SSSR count). The average Bonchev–Trinajstić information content (AvgIpc) is 2.93. The predicted molar refractivity (Wildman–Crippen MR) is 79.0 cm³/mol. The van der Waals surface area contributed by atoms with Crippen LogP contribution in [-0.2, 0) is 0 Å². The summed E-state index contributed by atoms with van der Waals surface area (Å²) in [6, 6.07) is 6.85. The van der Waals surface area contributed by atoms with Gasteiger partial charge in [0.2, 0.25) is 5.71 Å². The third-order valence-electron chi connectivity index (χ3n) is 2.65. The lowest BCUT2D eigenvalue weighted by Crippen LogP contribution is -2.21. The fourth-order valence-electron chi connectivity index (χ4n) is 1.62. The second-order valence-corrected chi connectivity index (χ2v) is 4.16. The molecule has 0 aliphatic carbocycles. The molecule has 0 fully saturated rings. The fourth-order valence-corrected chi connectivity index (χ4v) is 1.62. The molecule has 0 atom stereocenters. The van der Waals surface area contributed by atoms with Crippen molar-refractivity contribution in [2.75, 3.05) is 12.5 Å². The van der Waals surface area contributed by atoms with Crippen LogP contribution in [0.4, 0.5) is 5.69 Å². The van der Waals surface area contributed by atoms with Crippen molar-refractivity contribution < 1.29 is 4.74 Å².